The average molecular weight is 221 g/mol. The van der Waals surface area contributed by atoms with Gasteiger partial charge in [0, 0.05) is 19.5 Å². The zero-order chi connectivity index (χ0) is 11.5. The molecule has 2 N–H and O–H groups in total. The number of esters is 1. The minimum Gasteiger partial charge on any atom is -0.466 e. The fourth-order valence-electron chi connectivity index (χ4n) is 1.54. The van der Waals surface area contributed by atoms with Gasteiger partial charge in [0.15, 0.2) is 0 Å². The van der Waals surface area contributed by atoms with E-state index < -0.39 is 0 Å². The van der Waals surface area contributed by atoms with Gasteiger partial charge >= 0.3 is 5.97 Å². The topological polar surface area (TPSA) is 87.8 Å². The van der Waals surface area contributed by atoms with E-state index in [2.05, 4.69) is 15.0 Å². The van der Waals surface area contributed by atoms with Crippen LogP contribution in [0, 0.1) is 0 Å². The van der Waals surface area contributed by atoms with Gasteiger partial charge in [0.1, 0.15) is 5.65 Å². The number of rotatable bonds is 3. The van der Waals surface area contributed by atoms with E-state index in [1.165, 1.54) is 13.3 Å². The zero-order valence-corrected chi connectivity index (χ0v) is 8.74. The summed E-state index contributed by atoms with van der Waals surface area (Å²) in [5.41, 5.74) is 1.15. The highest BCUT2D eigenvalue weighted by Gasteiger charge is 2.08. The number of aromatic amines is 2. The largest absolute Gasteiger partial charge is 0.466 e. The Kier molecular flexibility index (Phi) is 2.72. The van der Waals surface area contributed by atoms with Crippen LogP contribution in [0.4, 0.5) is 0 Å². The molecule has 0 radical (unpaired) electrons. The molecule has 0 amide bonds. The van der Waals surface area contributed by atoms with Crippen molar-refractivity contribution in [2.45, 2.75) is 13.3 Å². The Labute approximate surface area is 90.7 Å². The molecule has 0 aliphatic rings. The number of nitrogens with one attached hydrogen (secondary N) is 2. The highest BCUT2D eigenvalue weighted by molar-refractivity contribution is 5.78. The lowest BCUT2D eigenvalue weighted by atomic mass is 10.2. The number of aromatic nitrogens is 3. The van der Waals surface area contributed by atoms with Crippen LogP contribution in [0.3, 0.4) is 0 Å². The number of carbonyl (C=O) groups excluding carboxylic acids is 1. The van der Waals surface area contributed by atoms with E-state index in [-0.39, 0.29) is 18.1 Å². The Hall–Kier alpha value is -2.11. The molecule has 0 fully saturated rings. The van der Waals surface area contributed by atoms with Gasteiger partial charge in [-0.25, -0.2) is 4.98 Å². The number of ether oxygens (including phenoxy) is 1. The molecule has 2 rings (SSSR count). The van der Waals surface area contributed by atoms with Crippen LogP contribution in [0.1, 0.15) is 12.5 Å². The molecule has 16 heavy (non-hydrogen) atoms. The van der Waals surface area contributed by atoms with Gasteiger partial charge in [0.2, 0.25) is 0 Å². The predicted octanol–water partition coefficient (Wildman–Crippen LogP) is 0.357. The summed E-state index contributed by atoms with van der Waals surface area (Å²) in [6.45, 7) is 1.61. The van der Waals surface area contributed by atoms with Gasteiger partial charge in [-0.15, -0.1) is 0 Å². The molecule has 0 saturated heterocycles. The summed E-state index contributed by atoms with van der Waals surface area (Å²) in [6.07, 6.45) is 3.54. The van der Waals surface area contributed by atoms with E-state index in [0.29, 0.717) is 17.5 Å². The van der Waals surface area contributed by atoms with Crippen LogP contribution in [-0.2, 0) is 16.0 Å². The summed E-state index contributed by atoms with van der Waals surface area (Å²) in [6, 6.07) is 0. The number of carbonyl (C=O) groups is 1. The quantitative estimate of drug-likeness (QED) is 0.732. The van der Waals surface area contributed by atoms with Gasteiger partial charge in [-0.05, 0) is 5.56 Å². The normalized spacial score (nSPS) is 10.6. The minimum absolute atomic E-state index is 0.191. The first-order valence-corrected chi connectivity index (χ1v) is 4.85. The van der Waals surface area contributed by atoms with Crippen molar-refractivity contribution in [3.8, 4) is 0 Å². The molecule has 84 valence electrons. The Bertz CT molecular complexity index is 570. The lowest BCUT2D eigenvalue weighted by Crippen LogP contribution is -2.08. The van der Waals surface area contributed by atoms with Crippen LogP contribution in [-0.4, -0.2) is 27.5 Å². The first-order valence-electron chi connectivity index (χ1n) is 4.85. The molecule has 0 saturated carbocycles. The fourth-order valence-corrected chi connectivity index (χ4v) is 1.54. The minimum atomic E-state index is -0.327. The van der Waals surface area contributed by atoms with E-state index in [1.807, 2.05) is 0 Å². The number of hydrogen-bond donors (Lipinski definition) is 2. The van der Waals surface area contributed by atoms with Crippen LogP contribution in [0.2, 0.25) is 0 Å². The number of H-pyrrole nitrogens is 2. The van der Waals surface area contributed by atoms with Gasteiger partial charge < -0.3 is 14.7 Å². The molecular weight excluding hydrogens is 210 g/mol. The molecule has 0 bridgehead atoms. The SMILES string of the molecule is CC(=O)OCCc1c[nH]c2nc[nH]c(=O)c12. The second kappa shape index (κ2) is 4.18. The van der Waals surface area contributed by atoms with Crippen LogP contribution in [0.5, 0.6) is 0 Å². The van der Waals surface area contributed by atoms with Crippen molar-refractivity contribution in [1.29, 1.82) is 0 Å². The molecule has 2 heterocycles. The Balaban J connectivity index is 2.25. The van der Waals surface area contributed by atoms with Gasteiger partial charge in [-0.1, -0.05) is 0 Å². The Morgan fingerprint density at radius 3 is 3.06 bits per heavy atom. The van der Waals surface area contributed by atoms with Crippen LogP contribution < -0.4 is 5.56 Å². The molecule has 0 aliphatic carbocycles. The predicted molar refractivity (Wildman–Crippen MR) is 57.1 cm³/mol. The summed E-state index contributed by atoms with van der Waals surface area (Å²) in [7, 11) is 0. The van der Waals surface area contributed by atoms with Crippen molar-refractivity contribution in [3.63, 3.8) is 0 Å². The van der Waals surface area contributed by atoms with E-state index in [9.17, 15) is 9.59 Å². The third-order valence-electron chi connectivity index (χ3n) is 2.23. The summed E-state index contributed by atoms with van der Waals surface area (Å²) in [4.78, 5) is 31.5. The first-order chi connectivity index (χ1) is 7.68. The maximum Gasteiger partial charge on any atom is 0.302 e. The standard InChI is InChI=1S/C10H11N3O3/c1-6(14)16-3-2-7-4-11-9-8(7)10(15)13-5-12-9/h4-5H,2-3H2,1H3,(H2,11,12,13,15). The maximum absolute atomic E-state index is 11.5. The van der Waals surface area contributed by atoms with E-state index >= 15 is 0 Å². The smallest absolute Gasteiger partial charge is 0.302 e. The van der Waals surface area contributed by atoms with Crippen molar-refractivity contribution < 1.29 is 9.53 Å². The van der Waals surface area contributed by atoms with Gasteiger partial charge in [0.05, 0.1) is 18.3 Å². The number of fused-ring (bicyclic) bond motifs is 1. The molecule has 0 spiro atoms. The van der Waals surface area contributed by atoms with Gasteiger partial charge in [0.25, 0.3) is 5.56 Å². The molecule has 6 heteroatoms. The van der Waals surface area contributed by atoms with Crippen LogP contribution >= 0.6 is 0 Å². The van der Waals surface area contributed by atoms with E-state index in [1.54, 1.807) is 6.20 Å². The zero-order valence-electron chi connectivity index (χ0n) is 8.74. The van der Waals surface area contributed by atoms with Crippen molar-refractivity contribution in [2.75, 3.05) is 6.61 Å². The highest BCUT2D eigenvalue weighted by atomic mass is 16.5. The molecule has 0 atom stereocenters. The van der Waals surface area contributed by atoms with Crippen molar-refractivity contribution >= 4 is 17.0 Å². The van der Waals surface area contributed by atoms with Gasteiger partial charge in [-0.3, -0.25) is 9.59 Å². The molecule has 0 unspecified atom stereocenters. The van der Waals surface area contributed by atoms with Gasteiger partial charge in [-0.2, -0.15) is 0 Å². The van der Waals surface area contributed by atoms with E-state index in [0.717, 1.165) is 5.56 Å². The van der Waals surface area contributed by atoms with Crippen molar-refractivity contribution in [2.24, 2.45) is 0 Å². The summed E-state index contributed by atoms with van der Waals surface area (Å²) in [5.74, 6) is -0.327. The molecule has 2 aromatic rings. The maximum atomic E-state index is 11.5. The van der Waals surface area contributed by atoms with Crippen LogP contribution in [0.25, 0.3) is 11.0 Å². The number of nitrogens with zero attached hydrogens (tertiary/aromatic N) is 1. The summed E-state index contributed by atoms with van der Waals surface area (Å²) in [5, 5.41) is 0.523. The average Bonchev–Trinajstić information content (AvgIpc) is 2.62. The highest BCUT2D eigenvalue weighted by Crippen LogP contribution is 2.11. The Morgan fingerprint density at radius 1 is 1.50 bits per heavy atom. The molecule has 0 aliphatic heterocycles. The third kappa shape index (κ3) is 1.95. The van der Waals surface area contributed by atoms with Crippen LogP contribution in [0.15, 0.2) is 17.3 Å². The molecular formula is C10H11N3O3. The molecule has 2 aromatic heterocycles. The van der Waals surface area contributed by atoms with Crippen molar-refractivity contribution in [1.82, 2.24) is 15.0 Å². The van der Waals surface area contributed by atoms with Crippen molar-refractivity contribution in [3.05, 3.63) is 28.4 Å². The first kappa shape index (κ1) is 10.4. The fraction of sp³-hybridized carbons (Fsp3) is 0.300. The monoisotopic (exact) mass is 221 g/mol. The summed E-state index contributed by atoms with van der Waals surface area (Å²) < 4.78 is 4.82. The number of hydrogen-bond acceptors (Lipinski definition) is 4. The second-order valence-corrected chi connectivity index (χ2v) is 3.36. The lowest BCUT2D eigenvalue weighted by molar-refractivity contribution is -0.140. The summed E-state index contributed by atoms with van der Waals surface area (Å²) >= 11 is 0. The molecule has 0 aromatic carbocycles. The second-order valence-electron chi connectivity index (χ2n) is 3.36. The van der Waals surface area contributed by atoms with E-state index in [4.69, 9.17) is 4.74 Å². The molecule has 6 nitrogen and oxygen atoms in total. The third-order valence-corrected chi connectivity index (χ3v) is 2.23. The Morgan fingerprint density at radius 2 is 2.31 bits per heavy atom. The lowest BCUT2D eigenvalue weighted by Gasteiger charge is -1.99.